The Morgan fingerprint density at radius 3 is 2.38 bits per heavy atom. The second-order valence-electron chi connectivity index (χ2n) is 0.654. The Balaban J connectivity index is 5.07. The van der Waals surface area contributed by atoms with Crippen LogP contribution in [0.3, 0.4) is 0 Å². The Hall–Kier alpha value is 0.350. The minimum atomic E-state index is -5.31. The van der Waals surface area contributed by atoms with Gasteiger partial charge in [-0.1, -0.05) is 0 Å². The van der Waals surface area contributed by atoms with E-state index in [4.69, 9.17) is 7.81 Å². The zero-order valence-corrected chi connectivity index (χ0v) is 6.11. The quantitative estimate of drug-likeness (QED) is 0.405. The molecule has 0 unspecified atom stereocenters. The molecule has 8 heteroatoms. The van der Waals surface area contributed by atoms with Gasteiger partial charge in [0.1, 0.15) is 0 Å². The first-order valence-electron chi connectivity index (χ1n) is 2.21. The predicted molar refractivity (Wildman–Crippen MR) is 29.3 cm³/mol. The molecule has 0 aliphatic heterocycles. The molecule has 0 aliphatic rings. The summed E-state index contributed by atoms with van der Waals surface area (Å²) in [5.41, 5.74) is 0. The molecule has 0 heterocycles. The van der Waals surface area contributed by atoms with Crippen LogP contribution in [-0.2, 0) is 18.4 Å². The molecule has 0 radical (unpaired) electrons. The van der Waals surface area contributed by atoms with E-state index in [1.54, 1.807) is 0 Å². The van der Waals surface area contributed by atoms with Crippen LogP contribution in [0.4, 0.5) is 0 Å². The van der Waals surface area contributed by atoms with E-state index in [9.17, 15) is 13.7 Å². The molecule has 0 aromatic heterocycles. The molecule has 0 spiro atoms. The molecule has 0 aliphatic carbocycles. The zero-order chi connectivity index (χ0) is 8.44. The topological polar surface area (TPSA) is 80.7 Å². The molecule has 0 rings (SSSR count). The van der Waals surface area contributed by atoms with E-state index in [1.807, 2.05) is 0 Å². The first-order chi connectivity index (χ1) is 4.35. The van der Waals surface area contributed by atoms with Crippen molar-refractivity contribution in [3.63, 3.8) is 0 Å². The van der Waals surface area contributed by atoms with Gasteiger partial charge in [-0.2, -0.15) is 0 Å². The van der Waals surface area contributed by atoms with Gasteiger partial charge in [-0.25, -0.2) is 0 Å². The third-order valence-corrected chi connectivity index (χ3v) is 4.51. The van der Waals surface area contributed by atoms with Crippen LogP contribution in [0.25, 0.3) is 0 Å². The third kappa shape index (κ3) is 2.61. The van der Waals surface area contributed by atoms with Crippen LogP contribution in [0.2, 0.25) is 0 Å². The van der Waals surface area contributed by atoms with E-state index in [1.165, 1.54) is 0 Å². The summed E-state index contributed by atoms with van der Waals surface area (Å²) in [6.45, 7) is 0. The van der Waals surface area contributed by atoms with Crippen molar-refractivity contribution in [2.24, 2.45) is 0 Å². The van der Waals surface area contributed by atoms with Crippen LogP contribution in [0.15, 0.2) is 0 Å². The van der Waals surface area contributed by atoms with Gasteiger partial charge in [-0.3, -0.25) is 0 Å². The Labute approximate surface area is 50.2 Å². The summed E-state index contributed by atoms with van der Waals surface area (Å²) in [7, 11) is -10.3. The molecule has 0 amide bonds. The molecule has 8 heavy (non-hydrogen) atoms. The van der Waals surface area contributed by atoms with Gasteiger partial charge in [0, 0.05) is 0 Å². The Kier molecular flexibility index (Phi) is 2.74. The third-order valence-electron chi connectivity index (χ3n) is 0.283. The van der Waals surface area contributed by atoms with E-state index < -0.39 is 22.9 Å². The molecule has 0 atom stereocenters. The van der Waals surface area contributed by atoms with Gasteiger partial charge in [0.25, 0.3) is 0 Å². The fourth-order valence-corrected chi connectivity index (χ4v) is 1.21. The summed E-state index contributed by atoms with van der Waals surface area (Å²) < 4.78 is 46.3. The monoisotopic (exact) mass is 180 g/mol. The zero-order valence-electron chi connectivity index (χ0n) is 5.42. The van der Waals surface area contributed by atoms with Crippen molar-refractivity contribution in [2.75, 3.05) is 0 Å². The molecule has 48 valence electrons. The molecule has 5 nitrogen and oxygen atoms in total. The van der Waals surface area contributed by atoms with Crippen molar-refractivity contribution in [3.05, 3.63) is 0 Å². The van der Waals surface area contributed by atoms with E-state index in [-0.39, 0.29) is 0 Å². The maximum atomic E-state index is 10.0. The molecular formula is H3O5P3. The average molecular weight is 180 g/mol. The number of hydrogen-bond acceptors (Lipinski definition) is 5. The van der Waals surface area contributed by atoms with Crippen molar-refractivity contribution >= 4 is 22.9 Å². The van der Waals surface area contributed by atoms with Crippen LogP contribution in [0.5, 0.6) is 0 Å². The van der Waals surface area contributed by atoms with Crippen LogP contribution in [0.1, 0.15) is 0 Å². The molecule has 0 fully saturated rings. The van der Waals surface area contributed by atoms with Gasteiger partial charge < -0.3 is 0 Å². The summed E-state index contributed by atoms with van der Waals surface area (Å²) in [4.78, 5) is 0. The van der Waals surface area contributed by atoms with Crippen molar-refractivity contribution in [3.8, 4) is 0 Å². The summed E-state index contributed by atoms with van der Waals surface area (Å²) in [6.07, 6.45) is 0. The van der Waals surface area contributed by atoms with E-state index >= 15 is 0 Å². The van der Waals surface area contributed by atoms with Crippen molar-refractivity contribution in [1.82, 2.24) is 0 Å². The van der Waals surface area contributed by atoms with Gasteiger partial charge >= 0.3 is 49.1 Å². The average Bonchev–Trinajstić information content (AvgIpc) is 1.89. The number of hydrogen-bond donors (Lipinski definition) is 1. The van der Waals surface area contributed by atoms with E-state index in [0.29, 0.717) is 0 Å². The first-order valence-corrected chi connectivity index (χ1v) is 5.97. The second-order valence-corrected chi connectivity index (χ2v) is 6.56. The fraction of sp³-hybridized carbons (Fsp3) is 0. The summed E-state index contributed by atoms with van der Waals surface area (Å²) >= 11 is 0. The molecule has 0 saturated carbocycles. The van der Waals surface area contributed by atoms with Gasteiger partial charge in [0.05, 0.1) is 0 Å². The van der Waals surface area contributed by atoms with Crippen LogP contribution in [0, 0.1) is 0 Å². The predicted octanol–water partition coefficient (Wildman–Crippen LogP) is 1.63. The maximum absolute atomic E-state index is 10.0. The van der Waals surface area contributed by atoms with E-state index in [0.717, 1.165) is 0 Å². The van der Waals surface area contributed by atoms with Gasteiger partial charge in [-0.15, -0.1) is 0 Å². The number of rotatable bonds is 3. The Morgan fingerprint density at radius 2 is 2.38 bits per heavy atom. The second kappa shape index (κ2) is 4.25. The first kappa shape index (κ1) is 5.16. The van der Waals surface area contributed by atoms with Gasteiger partial charge in [-0.05, 0) is 0 Å². The minimum absolute atomic E-state index is 1.35. The molecule has 0 aromatic carbocycles. The molecule has 0 saturated heterocycles. The van der Waals surface area contributed by atoms with E-state index in [2.05, 4.69) is 4.67 Å². The summed E-state index contributed by atoms with van der Waals surface area (Å²) in [5.74, 6) is 0. The molecule has 0 aromatic rings. The SMILES string of the molecule is [3H]P([3H])(OO)(P=O)P(=O)=O. The summed E-state index contributed by atoms with van der Waals surface area (Å²) in [6, 6.07) is 0. The van der Waals surface area contributed by atoms with Crippen LogP contribution < -0.4 is 0 Å². The Morgan fingerprint density at radius 1 is 1.88 bits per heavy atom. The van der Waals surface area contributed by atoms with Crippen molar-refractivity contribution in [1.29, 1.82) is 2.56 Å². The van der Waals surface area contributed by atoms with Crippen molar-refractivity contribution in [2.45, 2.75) is 0 Å². The normalized spacial score (nSPS) is 20.4. The molecule has 0 bridgehead atoms. The van der Waals surface area contributed by atoms with Crippen LogP contribution in [-0.4, -0.2) is 7.81 Å². The summed E-state index contributed by atoms with van der Waals surface area (Å²) in [5, 5.41) is 7.81. The van der Waals surface area contributed by atoms with Crippen LogP contribution >= 0.6 is 22.9 Å². The van der Waals surface area contributed by atoms with Gasteiger partial charge in [0.15, 0.2) is 0 Å². The van der Waals surface area contributed by atoms with Gasteiger partial charge in [0.2, 0.25) is 0 Å². The standard InChI is InChI=1S/H3O5P3/c1-5-8(6-2)7(3)4/h1H,8H2/i8T2. The molecule has 1 N–H and O–H groups in total. The Bertz CT molecular complexity index is 209. The molecular weight excluding hydrogens is 173 g/mol. The van der Waals surface area contributed by atoms with Crippen molar-refractivity contribution < 1.29 is 23.6 Å². The fourth-order valence-electron chi connectivity index (χ4n) is 0.0745.